The second kappa shape index (κ2) is 7.41. The van der Waals surface area contributed by atoms with Crippen LogP contribution in [0.4, 0.5) is 0 Å². The highest BCUT2D eigenvalue weighted by molar-refractivity contribution is 4.95. The molecule has 1 heterocycles. The Kier molecular flexibility index (Phi) is 6.11. The molecule has 0 aliphatic carbocycles. The van der Waals surface area contributed by atoms with Crippen molar-refractivity contribution in [3.05, 3.63) is 18.2 Å². The monoisotopic (exact) mass is 225 g/mol. The van der Waals surface area contributed by atoms with E-state index in [0.717, 1.165) is 38.5 Å². The lowest BCUT2D eigenvalue weighted by molar-refractivity contribution is 0.122. The summed E-state index contributed by atoms with van der Waals surface area (Å²) >= 11 is 0. The van der Waals surface area contributed by atoms with E-state index >= 15 is 0 Å². The Hall–Kier alpha value is -0.870. The lowest BCUT2D eigenvalue weighted by Crippen LogP contribution is -2.36. The molecule has 4 heteroatoms. The fraction of sp³-hybridized carbons (Fsp3) is 0.750. The van der Waals surface area contributed by atoms with E-state index in [9.17, 15) is 0 Å². The van der Waals surface area contributed by atoms with Gasteiger partial charge in [-0.15, -0.1) is 0 Å². The van der Waals surface area contributed by atoms with Gasteiger partial charge in [-0.3, -0.25) is 0 Å². The van der Waals surface area contributed by atoms with Crippen LogP contribution in [0.2, 0.25) is 0 Å². The van der Waals surface area contributed by atoms with Crippen LogP contribution in [0.25, 0.3) is 0 Å². The van der Waals surface area contributed by atoms with E-state index < -0.39 is 0 Å². The minimum Gasteiger partial charge on any atom is -0.380 e. The molecule has 1 unspecified atom stereocenters. The van der Waals surface area contributed by atoms with E-state index in [1.54, 1.807) is 0 Å². The SMILES string of the molecule is CCNC(COCC)Cc1nccn1CC. The average Bonchev–Trinajstić information content (AvgIpc) is 2.73. The Bertz CT molecular complexity index is 286. The normalized spacial score (nSPS) is 12.9. The molecule has 0 spiro atoms. The Labute approximate surface area is 98.0 Å². The van der Waals surface area contributed by atoms with E-state index in [2.05, 4.69) is 28.7 Å². The van der Waals surface area contributed by atoms with Crippen LogP contribution < -0.4 is 5.32 Å². The summed E-state index contributed by atoms with van der Waals surface area (Å²) in [6, 6.07) is 0.359. The molecule has 0 aromatic carbocycles. The molecule has 16 heavy (non-hydrogen) atoms. The molecule has 0 radical (unpaired) electrons. The third-order valence-electron chi connectivity index (χ3n) is 2.59. The summed E-state index contributed by atoms with van der Waals surface area (Å²) in [6.45, 7) is 9.73. The zero-order chi connectivity index (χ0) is 11.8. The Morgan fingerprint density at radius 3 is 2.88 bits per heavy atom. The largest absolute Gasteiger partial charge is 0.380 e. The van der Waals surface area contributed by atoms with Gasteiger partial charge in [0.25, 0.3) is 0 Å². The minimum absolute atomic E-state index is 0.359. The highest BCUT2D eigenvalue weighted by Crippen LogP contribution is 2.02. The lowest BCUT2D eigenvalue weighted by Gasteiger charge is -2.17. The fourth-order valence-corrected chi connectivity index (χ4v) is 1.78. The van der Waals surface area contributed by atoms with Crippen molar-refractivity contribution in [2.75, 3.05) is 19.8 Å². The first-order valence-electron chi connectivity index (χ1n) is 6.12. The quantitative estimate of drug-likeness (QED) is 0.728. The summed E-state index contributed by atoms with van der Waals surface area (Å²) in [5.74, 6) is 1.13. The molecule has 1 aromatic rings. The van der Waals surface area contributed by atoms with Gasteiger partial charge in [0, 0.05) is 38.0 Å². The third kappa shape index (κ3) is 3.94. The topological polar surface area (TPSA) is 39.1 Å². The molecule has 0 fully saturated rings. The summed E-state index contributed by atoms with van der Waals surface area (Å²) in [5.41, 5.74) is 0. The Morgan fingerprint density at radius 1 is 1.44 bits per heavy atom. The molecule has 4 nitrogen and oxygen atoms in total. The fourth-order valence-electron chi connectivity index (χ4n) is 1.78. The molecule has 0 amide bonds. The number of aryl methyl sites for hydroxylation is 1. The van der Waals surface area contributed by atoms with Gasteiger partial charge in [-0.2, -0.15) is 0 Å². The number of nitrogens with zero attached hydrogens (tertiary/aromatic N) is 2. The van der Waals surface area contributed by atoms with Crippen molar-refractivity contribution in [2.24, 2.45) is 0 Å². The minimum atomic E-state index is 0.359. The number of nitrogens with one attached hydrogen (secondary N) is 1. The van der Waals surface area contributed by atoms with E-state index in [1.165, 1.54) is 0 Å². The first-order chi connectivity index (χ1) is 7.81. The van der Waals surface area contributed by atoms with Gasteiger partial charge in [0.2, 0.25) is 0 Å². The van der Waals surface area contributed by atoms with Crippen LogP contribution in [0.5, 0.6) is 0 Å². The zero-order valence-electron chi connectivity index (χ0n) is 10.6. The molecule has 1 aromatic heterocycles. The summed E-state index contributed by atoms with van der Waals surface area (Å²) in [5, 5.41) is 3.43. The third-order valence-corrected chi connectivity index (χ3v) is 2.59. The van der Waals surface area contributed by atoms with Crippen molar-refractivity contribution < 1.29 is 4.74 Å². The molecule has 0 saturated carbocycles. The van der Waals surface area contributed by atoms with Crippen LogP contribution in [-0.4, -0.2) is 35.4 Å². The van der Waals surface area contributed by atoms with Gasteiger partial charge < -0.3 is 14.6 Å². The van der Waals surface area contributed by atoms with E-state index in [4.69, 9.17) is 4.74 Å². The molecule has 0 aliphatic rings. The van der Waals surface area contributed by atoms with Gasteiger partial charge in [-0.25, -0.2) is 4.98 Å². The summed E-state index contributed by atoms with van der Waals surface area (Å²) < 4.78 is 7.65. The van der Waals surface area contributed by atoms with Gasteiger partial charge in [-0.05, 0) is 20.4 Å². The van der Waals surface area contributed by atoms with Crippen LogP contribution in [0.1, 0.15) is 26.6 Å². The first-order valence-corrected chi connectivity index (χ1v) is 6.12. The number of rotatable bonds is 8. The summed E-state index contributed by atoms with van der Waals surface area (Å²) in [6.07, 6.45) is 4.82. The number of aromatic nitrogens is 2. The van der Waals surface area contributed by atoms with Crippen molar-refractivity contribution in [1.29, 1.82) is 0 Å². The molecule has 92 valence electrons. The first kappa shape index (κ1) is 13.2. The second-order valence-electron chi connectivity index (χ2n) is 3.75. The van der Waals surface area contributed by atoms with Gasteiger partial charge in [-0.1, -0.05) is 6.92 Å². The average molecular weight is 225 g/mol. The maximum absolute atomic E-state index is 5.47. The van der Waals surface area contributed by atoms with Gasteiger partial charge in [0.15, 0.2) is 0 Å². The van der Waals surface area contributed by atoms with Crippen LogP contribution in [0, 0.1) is 0 Å². The zero-order valence-corrected chi connectivity index (χ0v) is 10.6. The van der Waals surface area contributed by atoms with Crippen molar-refractivity contribution >= 4 is 0 Å². The summed E-state index contributed by atoms with van der Waals surface area (Å²) in [4.78, 5) is 4.38. The predicted molar refractivity (Wildman–Crippen MR) is 65.6 cm³/mol. The van der Waals surface area contributed by atoms with E-state index in [0.29, 0.717) is 6.04 Å². The number of ether oxygens (including phenoxy) is 1. The van der Waals surface area contributed by atoms with Crippen molar-refractivity contribution in [3.63, 3.8) is 0 Å². The van der Waals surface area contributed by atoms with Gasteiger partial charge in [0.05, 0.1) is 6.61 Å². The lowest BCUT2D eigenvalue weighted by atomic mass is 10.2. The molecule has 0 saturated heterocycles. The van der Waals surface area contributed by atoms with Crippen molar-refractivity contribution in [2.45, 2.75) is 39.8 Å². The van der Waals surface area contributed by atoms with Crippen LogP contribution >= 0.6 is 0 Å². The van der Waals surface area contributed by atoms with Crippen LogP contribution in [0.15, 0.2) is 12.4 Å². The Morgan fingerprint density at radius 2 is 2.25 bits per heavy atom. The van der Waals surface area contributed by atoms with E-state index in [1.807, 2.05) is 19.3 Å². The van der Waals surface area contributed by atoms with Gasteiger partial charge in [0.1, 0.15) is 5.82 Å². The standard InChI is InChI=1S/C12H23N3O/c1-4-13-11(10-16-6-3)9-12-14-7-8-15(12)5-2/h7-8,11,13H,4-6,9-10H2,1-3H3. The molecule has 1 atom stereocenters. The van der Waals surface area contributed by atoms with Crippen molar-refractivity contribution in [3.8, 4) is 0 Å². The molecule has 0 aliphatic heterocycles. The summed E-state index contributed by atoms with van der Waals surface area (Å²) in [7, 11) is 0. The van der Waals surface area contributed by atoms with Crippen molar-refractivity contribution in [1.82, 2.24) is 14.9 Å². The molecule has 1 N–H and O–H groups in total. The Balaban J connectivity index is 2.52. The predicted octanol–water partition coefficient (Wildman–Crippen LogP) is 1.46. The smallest absolute Gasteiger partial charge is 0.110 e. The van der Waals surface area contributed by atoms with Gasteiger partial charge >= 0.3 is 0 Å². The number of imidazole rings is 1. The molecule has 1 rings (SSSR count). The maximum Gasteiger partial charge on any atom is 0.110 e. The molecular formula is C12H23N3O. The number of hydrogen-bond donors (Lipinski definition) is 1. The molecular weight excluding hydrogens is 202 g/mol. The number of likely N-dealkylation sites (N-methyl/N-ethyl adjacent to an activating group) is 1. The highest BCUT2D eigenvalue weighted by atomic mass is 16.5. The highest BCUT2D eigenvalue weighted by Gasteiger charge is 2.11. The van der Waals surface area contributed by atoms with Crippen LogP contribution in [0.3, 0.4) is 0 Å². The number of hydrogen-bond acceptors (Lipinski definition) is 3. The molecule has 0 bridgehead atoms. The maximum atomic E-state index is 5.47. The van der Waals surface area contributed by atoms with Crippen LogP contribution in [-0.2, 0) is 17.7 Å². The van der Waals surface area contributed by atoms with E-state index in [-0.39, 0.29) is 0 Å². The second-order valence-corrected chi connectivity index (χ2v) is 3.75.